The van der Waals surface area contributed by atoms with Crippen LogP contribution in [0, 0.1) is 0 Å². The van der Waals surface area contributed by atoms with Crippen molar-refractivity contribution >= 4 is 0 Å². The second kappa shape index (κ2) is 29.4. The first kappa shape index (κ1) is 46.5. The summed E-state index contributed by atoms with van der Waals surface area (Å²) in [4.78, 5) is 0. The van der Waals surface area contributed by atoms with Gasteiger partial charge in [0.15, 0.2) is 0 Å². The second-order valence-electron chi connectivity index (χ2n) is 0. The molecule has 0 aromatic heterocycles. The maximum absolute atomic E-state index is 0. The topological polar surface area (TPSA) is 0 Å². The number of hydrogen-bond donors (Lipinski definition) is 0. The smallest absolute Gasteiger partial charge is 0 e. The quantitative estimate of drug-likeness (QED) is 0.545. The van der Waals surface area contributed by atoms with Crippen molar-refractivity contribution in [2.24, 2.45) is 0 Å². The SMILES string of the molecule is [Co].[Cr].[Fe].[Ni].[Ti]. The molecule has 0 nitrogen and oxygen atoms in total. The van der Waals surface area contributed by atoms with Gasteiger partial charge in [-0.3, -0.25) is 0 Å². The molecule has 0 bridgehead atoms. The van der Waals surface area contributed by atoms with E-state index in [9.17, 15) is 0 Å². The fraction of sp³-hybridized carbons (Fsp3) is 0. The first-order valence-corrected chi connectivity index (χ1v) is 0. The summed E-state index contributed by atoms with van der Waals surface area (Å²) >= 11 is 0. The van der Waals surface area contributed by atoms with Crippen molar-refractivity contribution in [1.82, 2.24) is 0 Å². The van der Waals surface area contributed by atoms with E-state index < -0.39 is 0 Å². The normalized spacial score (nSPS) is 0. The van der Waals surface area contributed by atoms with Crippen LogP contribution < -0.4 is 0 Å². The summed E-state index contributed by atoms with van der Waals surface area (Å²) in [6.45, 7) is 0. The Morgan fingerprint density at radius 1 is 1.00 bits per heavy atom. The average molecular weight is 273 g/mol. The summed E-state index contributed by atoms with van der Waals surface area (Å²) in [6, 6.07) is 0. The molecular weight excluding hydrogens is 273 g/mol. The maximum atomic E-state index is 0. The molecule has 0 saturated carbocycles. The van der Waals surface area contributed by atoms with Crippen LogP contribution in [-0.4, -0.2) is 0 Å². The third-order valence-electron chi connectivity index (χ3n) is 0. The zero-order valence-corrected chi connectivity index (χ0v) is 7.88. The van der Waals surface area contributed by atoms with Crippen molar-refractivity contribution in [3.05, 3.63) is 0 Å². The summed E-state index contributed by atoms with van der Waals surface area (Å²) < 4.78 is 0. The monoisotopic (exact) mass is 273 g/mol. The van der Waals surface area contributed by atoms with Crippen molar-refractivity contribution < 1.29 is 89.4 Å². The van der Waals surface area contributed by atoms with Gasteiger partial charge < -0.3 is 0 Å². The Balaban J connectivity index is 0. The van der Waals surface area contributed by atoms with Crippen LogP contribution in [0.3, 0.4) is 0 Å². The molecule has 0 heterocycles. The van der Waals surface area contributed by atoms with Gasteiger partial charge in [-0.05, 0) is 0 Å². The van der Waals surface area contributed by atoms with Crippen LogP contribution in [0.5, 0.6) is 0 Å². The van der Waals surface area contributed by atoms with Gasteiger partial charge in [0.05, 0.1) is 0 Å². The Hall–Kier alpha value is 2.77. The summed E-state index contributed by atoms with van der Waals surface area (Å²) in [5.41, 5.74) is 0. The molecule has 0 amide bonds. The Bertz CT molecular complexity index is 11.6. The minimum absolute atomic E-state index is 0. The van der Waals surface area contributed by atoms with Gasteiger partial charge in [-0.2, -0.15) is 0 Å². The predicted octanol–water partition coefficient (Wildman–Crippen LogP) is -0.0125. The van der Waals surface area contributed by atoms with E-state index in [-0.39, 0.29) is 89.4 Å². The van der Waals surface area contributed by atoms with Gasteiger partial charge in [0.1, 0.15) is 0 Å². The molecule has 0 aromatic carbocycles. The third kappa shape index (κ3) is 20.1. The fourth-order valence-electron chi connectivity index (χ4n) is 0. The molecule has 0 atom stereocenters. The van der Waals surface area contributed by atoms with Crippen LogP contribution >= 0.6 is 0 Å². The standard InChI is InChI=1S/Co.Cr.Fe.Ni.Ti. The van der Waals surface area contributed by atoms with Gasteiger partial charge in [0.25, 0.3) is 0 Å². The van der Waals surface area contributed by atoms with Crippen molar-refractivity contribution in [2.75, 3.05) is 0 Å². The number of hydrogen-bond acceptors (Lipinski definition) is 0. The molecule has 1 radical (unpaired) electrons. The zero-order valence-electron chi connectivity index (χ0n) is 1.91. The van der Waals surface area contributed by atoms with Gasteiger partial charge in [0.2, 0.25) is 0 Å². The van der Waals surface area contributed by atoms with Gasteiger partial charge in [-0.25, -0.2) is 0 Å². The van der Waals surface area contributed by atoms with Crippen LogP contribution in [0.15, 0.2) is 0 Å². The molecule has 0 rings (SSSR count). The Labute approximate surface area is 88.2 Å². The van der Waals surface area contributed by atoms with Crippen molar-refractivity contribution in [1.29, 1.82) is 0 Å². The van der Waals surface area contributed by atoms with E-state index in [4.69, 9.17) is 0 Å². The Morgan fingerprint density at radius 2 is 1.00 bits per heavy atom. The van der Waals surface area contributed by atoms with E-state index >= 15 is 0 Å². The maximum Gasteiger partial charge on any atom is 0 e. The van der Waals surface area contributed by atoms with Gasteiger partial charge >= 0.3 is 0 Å². The van der Waals surface area contributed by atoms with E-state index in [0.717, 1.165) is 0 Å². The Kier molecular flexibility index (Phi) is 273. The van der Waals surface area contributed by atoms with E-state index in [0.29, 0.717) is 0 Å². The minimum atomic E-state index is 0. The van der Waals surface area contributed by atoms with E-state index in [1.165, 1.54) is 0 Å². The van der Waals surface area contributed by atoms with Crippen LogP contribution in [0.2, 0.25) is 0 Å². The van der Waals surface area contributed by atoms with Crippen LogP contribution in [0.4, 0.5) is 0 Å². The van der Waals surface area contributed by atoms with E-state index in [1.54, 1.807) is 0 Å². The molecule has 5 heteroatoms. The van der Waals surface area contributed by atoms with Gasteiger partial charge in [-0.1, -0.05) is 0 Å². The zero-order chi connectivity index (χ0) is 0. The molecule has 0 fully saturated rings. The van der Waals surface area contributed by atoms with E-state index in [2.05, 4.69) is 0 Å². The molecular formula is CoCrFeNiTi. The van der Waals surface area contributed by atoms with Crippen molar-refractivity contribution in [2.45, 2.75) is 0 Å². The second-order valence-corrected chi connectivity index (χ2v) is 0. The van der Waals surface area contributed by atoms with Gasteiger partial charge in [-0.15, -0.1) is 0 Å². The first-order valence-electron chi connectivity index (χ1n) is 0. The largest absolute Gasteiger partial charge is 0 e. The molecule has 0 saturated heterocycles. The van der Waals surface area contributed by atoms with Crippen molar-refractivity contribution in [3.8, 4) is 0 Å². The summed E-state index contributed by atoms with van der Waals surface area (Å²) in [5, 5.41) is 0. The molecule has 0 aromatic rings. The molecule has 0 aliphatic heterocycles. The van der Waals surface area contributed by atoms with Crippen molar-refractivity contribution in [3.63, 3.8) is 0 Å². The molecule has 37 valence electrons. The molecule has 0 N–H and O–H groups in total. The van der Waals surface area contributed by atoms with Crippen LogP contribution in [0.1, 0.15) is 0 Å². The summed E-state index contributed by atoms with van der Waals surface area (Å²) in [6.07, 6.45) is 0. The van der Waals surface area contributed by atoms with Crippen LogP contribution in [0.25, 0.3) is 0 Å². The van der Waals surface area contributed by atoms with Gasteiger partial charge in [0, 0.05) is 89.4 Å². The fourth-order valence-corrected chi connectivity index (χ4v) is 0. The molecule has 0 aliphatic carbocycles. The third-order valence-corrected chi connectivity index (χ3v) is 0. The van der Waals surface area contributed by atoms with E-state index in [1.807, 2.05) is 0 Å². The summed E-state index contributed by atoms with van der Waals surface area (Å²) in [7, 11) is 0. The Morgan fingerprint density at radius 3 is 1.00 bits per heavy atom. The first-order chi connectivity index (χ1) is 0. The average Bonchev–Trinajstić information content (AvgIpc) is 0. The minimum Gasteiger partial charge on any atom is 0 e. The molecule has 0 aliphatic rings. The molecule has 5 heavy (non-hydrogen) atoms. The molecule has 0 spiro atoms. The molecule has 0 unspecified atom stereocenters. The predicted molar refractivity (Wildman–Crippen MR) is 0 cm³/mol. The van der Waals surface area contributed by atoms with Crippen LogP contribution in [-0.2, 0) is 89.4 Å². The summed E-state index contributed by atoms with van der Waals surface area (Å²) in [5.74, 6) is 0. The number of rotatable bonds is 0.